The average molecular weight is 271 g/mol. The molecule has 2 heterocycles. The zero-order valence-electron chi connectivity index (χ0n) is 11.8. The number of hydrogen-bond donors (Lipinski definition) is 2. The smallest absolute Gasteiger partial charge is 0.136 e. The van der Waals surface area contributed by atoms with Crippen LogP contribution >= 0.6 is 0 Å². The number of piperidine rings is 1. The summed E-state index contributed by atoms with van der Waals surface area (Å²) in [6.07, 6.45) is 4.25. The van der Waals surface area contributed by atoms with Crippen molar-refractivity contribution < 1.29 is 5.11 Å². The number of nitrogens with zero attached hydrogens (tertiary/aromatic N) is 2. The van der Waals surface area contributed by atoms with E-state index in [1.165, 1.54) is 12.8 Å². The van der Waals surface area contributed by atoms with Gasteiger partial charge in [-0.25, -0.2) is 4.98 Å². The van der Waals surface area contributed by atoms with Gasteiger partial charge in [0.2, 0.25) is 0 Å². The third kappa shape index (κ3) is 2.56. The molecule has 3 rings (SSSR count). The lowest BCUT2D eigenvalue weighted by atomic mass is 10.0. The molecular formula is C16H21N3O. The molecule has 0 spiro atoms. The van der Waals surface area contributed by atoms with Gasteiger partial charge >= 0.3 is 0 Å². The number of rotatable bonds is 3. The minimum Gasteiger partial charge on any atom is -0.508 e. The first-order valence-electron chi connectivity index (χ1n) is 7.34. The zero-order chi connectivity index (χ0) is 13.9. The number of benzene rings is 1. The molecule has 4 nitrogen and oxygen atoms in total. The lowest BCUT2D eigenvalue weighted by Crippen LogP contribution is -2.46. The average Bonchev–Trinajstić information content (AvgIpc) is 2.47. The second-order valence-corrected chi connectivity index (χ2v) is 5.38. The standard InChI is InChI=1S/C16H21N3O/c1-2-17-13-4-3-9-19(11-13)16-15-10-14(20)6-5-12(15)7-8-18-16/h5-8,10,13,17,20H,2-4,9,11H2,1H3. The van der Waals surface area contributed by atoms with E-state index in [4.69, 9.17) is 0 Å². The Morgan fingerprint density at radius 2 is 2.30 bits per heavy atom. The van der Waals surface area contributed by atoms with E-state index in [0.717, 1.165) is 36.2 Å². The fraction of sp³-hybridized carbons (Fsp3) is 0.438. The molecule has 2 N–H and O–H groups in total. The maximum Gasteiger partial charge on any atom is 0.136 e. The maximum absolute atomic E-state index is 9.73. The van der Waals surface area contributed by atoms with Crippen LogP contribution in [0.25, 0.3) is 10.8 Å². The molecule has 0 saturated carbocycles. The molecule has 0 aliphatic carbocycles. The Bertz CT molecular complexity index is 597. The van der Waals surface area contributed by atoms with Crippen molar-refractivity contribution in [3.8, 4) is 5.75 Å². The number of anilines is 1. The first-order chi connectivity index (χ1) is 9.78. The molecule has 1 aromatic carbocycles. The highest BCUT2D eigenvalue weighted by Gasteiger charge is 2.21. The number of likely N-dealkylation sites (N-methyl/N-ethyl adjacent to an activating group) is 1. The number of phenols is 1. The summed E-state index contributed by atoms with van der Waals surface area (Å²) in [6, 6.07) is 8.01. The van der Waals surface area contributed by atoms with Crippen molar-refractivity contribution in [2.45, 2.75) is 25.8 Å². The van der Waals surface area contributed by atoms with Crippen LogP contribution in [0.3, 0.4) is 0 Å². The minimum absolute atomic E-state index is 0.298. The first-order valence-corrected chi connectivity index (χ1v) is 7.34. The van der Waals surface area contributed by atoms with Crippen LogP contribution in [0.1, 0.15) is 19.8 Å². The Labute approximate surface area is 119 Å². The van der Waals surface area contributed by atoms with Gasteiger partial charge in [0.25, 0.3) is 0 Å². The molecule has 1 unspecified atom stereocenters. The quantitative estimate of drug-likeness (QED) is 0.900. The van der Waals surface area contributed by atoms with Gasteiger partial charge in [0, 0.05) is 30.7 Å². The molecule has 0 radical (unpaired) electrons. The van der Waals surface area contributed by atoms with Crippen LogP contribution < -0.4 is 10.2 Å². The van der Waals surface area contributed by atoms with Gasteiger partial charge in [0.1, 0.15) is 11.6 Å². The van der Waals surface area contributed by atoms with E-state index in [9.17, 15) is 5.11 Å². The van der Waals surface area contributed by atoms with Crippen molar-refractivity contribution >= 4 is 16.6 Å². The molecule has 1 fully saturated rings. The number of pyridine rings is 1. The number of phenolic OH excluding ortho intramolecular Hbond substituents is 1. The molecule has 0 amide bonds. The van der Waals surface area contributed by atoms with E-state index in [2.05, 4.69) is 22.1 Å². The maximum atomic E-state index is 9.73. The second kappa shape index (κ2) is 5.67. The van der Waals surface area contributed by atoms with Gasteiger partial charge in [0.15, 0.2) is 0 Å². The molecule has 1 atom stereocenters. The van der Waals surface area contributed by atoms with Crippen LogP contribution in [0, 0.1) is 0 Å². The highest BCUT2D eigenvalue weighted by Crippen LogP contribution is 2.29. The second-order valence-electron chi connectivity index (χ2n) is 5.38. The summed E-state index contributed by atoms with van der Waals surface area (Å²) >= 11 is 0. The molecule has 20 heavy (non-hydrogen) atoms. The summed E-state index contributed by atoms with van der Waals surface area (Å²) in [4.78, 5) is 6.89. The summed E-state index contributed by atoms with van der Waals surface area (Å²) in [7, 11) is 0. The minimum atomic E-state index is 0.298. The van der Waals surface area contributed by atoms with Gasteiger partial charge in [-0.2, -0.15) is 0 Å². The van der Waals surface area contributed by atoms with E-state index in [1.54, 1.807) is 6.07 Å². The Kier molecular flexibility index (Phi) is 3.74. The predicted octanol–water partition coefficient (Wildman–Crippen LogP) is 2.52. The Morgan fingerprint density at radius 3 is 3.15 bits per heavy atom. The van der Waals surface area contributed by atoms with Crippen LogP contribution in [-0.2, 0) is 0 Å². The van der Waals surface area contributed by atoms with Gasteiger partial charge < -0.3 is 15.3 Å². The Balaban J connectivity index is 1.94. The monoisotopic (exact) mass is 271 g/mol. The normalized spacial score (nSPS) is 19.4. The first kappa shape index (κ1) is 13.2. The molecule has 4 heteroatoms. The topological polar surface area (TPSA) is 48.4 Å². The molecule has 2 aromatic rings. The predicted molar refractivity (Wildman–Crippen MR) is 82.3 cm³/mol. The van der Waals surface area contributed by atoms with Crippen LogP contribution in [-0.4, -0.2) is 35.8 Å². The lowest BCUT2D eigenvalue weighted by Gasteiger charge is -2.34. The summed E-state index contributed by atoms with van der Waals surface area (Å²) in [6.45, 7) is 5.16. The van der Waals surface area contributed by atoms with Gasteiger partial charge in [-0.05, 0) is 43.0 Å². The third-order valence-corrected chi connectivity index (χ3v) is 3.94. The van der Waals surface area contributed by atoms with Crippen LogP contribution in [0.5, 0.6) is 5.75 Å². The fourth-order valence-electron chi connectivity index (χ4n) is 3.02. The molecule has 0 bridgehead atoms. The number of hydrogen-bond acceptors (Lipinski definition) is 4. The summed E-state index contributed by atoms with van der Waals surface area (Å²) in [5.41, 5.74) is 0. The van der Waals surface area contributed by atoms with Crippen LogP contribution in [0.15, 0.2) is 30.5 Å². The van der Waals surface area contributed by atoms with E-state index in [-0.39, 0.29) is 0 Å². The Hall–Kier alpha value is -1.81. The fourth-order valence-corrected chi connectivity index (χ4v) is 3.02. The number of aromatic hydroxyl groups is 1. The number of nitrogens with one attached hydrogen (secondary N) is 1. The zero-order valence-corrected chi connectivity index (χ0v) is 11.8. The van der Waals surface area contributed by atoms with Gasteiger partial charge in [0.05, 0.1) is 0 Å². The summed E-state index contributed by atoms with van der Waals surface area (Å²) < 4.78 is 0. The lowest BCUT2D eigenvalue weighted by molar-refractivity contribution is 0.430. The van der Waals surface area contributed by atoms with E-state index in [1.807, 2.05) is 24.4 Å². The Morgan fingerprint density at radius 1 is 1.40 bits per heavy atom. The molecule has 106 valence electrons. The van der Waals surface area contributed by atoms with Gasteiger partial charge in [-0.15, -0.1) is 0 Å². The summed E-state index contributed by atoms with van der Waals surface area (Å²) in [5, 5.41) is 15.4. The van der Waals surface area contributed by atoms with Crippen molar-refractivity contribution in [1.29, 1.82) is 0 Å². The molecule has 1 aliphatic rings. The highest BCUT2D eigenvalue weighted by atomic mass is 16.3. The van der Waals surface area contributed by atoms with Crippen LogP contribution in [0.2, 0.25) is 0 Å². The van der Waals surface area contributed by atoms with Crippen molar-refractivity contribution in [3.05, 3.63) is 30.5 Å². The van der Waals surface area contributed by atoms with Crippen molar-refractivity contribution in [1.82, 2.24) is 10.3 Å². The number of fused-ring (bicyclic) bond motifs is 1. The van der Waals surface area contributed by atoms with Crippen molar-refractivity contribution in [2.24, 2.45) is 0 Å². The highest BCUT2D eigenvalue weighted by molar-refractivity contribution is 5.93. The third-order valence-electron chi connectivity index (χ3n) is 3.94. The van der Waals surface area contributed by atoms with Crippen molar-refractivity contribution in [2.75, 3.05) is 24.5 Å². The van der Waals surface area contributed by atoms with E-state index < -0.39 is 0 Å². The van der Waals surface area contributed by atoms with Gasteiger partial charge in [-0.1, -0.05) is 13.0 Å². The summed E-state index contributed by atoms with van der Waals surface area (Å²) in [5.74, 6) is 1.29. The van der Waals surface area contributed by atoms with Crippen LogP contribution in [0.4, 0.5) is 5.82 Å². The SMILES string of the molecule is CCNC1CCCN(c2nccc3ccc(O)cc23)C1. The molecule has 1 aliphatic heterocycles. The van der Waals surface area contributed by atoms with Gasteiger partial charge in [-0.3, -0.25) is 0 Å². The number of aromatic nitrogens is 1. The van der Waals surface area contributed by atoms with Crippen molar-refractivity contribution in [3.63, 3.8) is 0 Å². The largest absolute Gasteiger partial charge is 0.508 e. The molecule has 1 aromatic heterocycles. The molecular weight excluding hydrogens is 250 g/mol. The molecule has 1 saturated heterocycles. The van der Waals surface area contributed by atoms with E-state index >= 15 is 0 Å². The van der Waals surface area contributed by atoms with E-state index in [0.29, 0.717) is 11.8 Å².